The summed E-state index contributed by atoms with van der Waals surface area (Å²) >= 11 is 3.70. The van der Waals surface area contributed by atoms with Crippen LogP contribution in [0.4, 0.5) is 0 Å². The molecule has 2 bridgehead atoms. The minimum atomic E-state index is -1.04. The lowest BCUT2D eigenvalue weighted by Crippen LogP contribution is -2.58. The molecule has 1 aliphatic carbocycles. The second-order valence-electron chi connectivity index (χ2n) is 10.7. The highest BCUT2D eigenvalue weighted by molar-refractivity contribution is 9.09. The van der Waals surface area contributed by atoms with E-state index in [2.05, 4.69) is 22.5 Å². The first-order valence-electron chi connectivity index (χ1n) is 13.7. The first kappa shape index (κ1) is 27.6. The maximum atomic E-state index is 14.4. The molecule has 0 aromatic carbocycles. The van der Waals surface area contributed by atoms with E-state index in [4.69, 9.17) is 14.6 Å². The fraction of sp³-hybridized carbons (Fsp3) is 0.815. The van der Waals surface area contributed by atoms with E-state index in [1.54, 1.807) is 17.9 Å². The van der Waals surface area contributed by atoms with Crippen LogP contribution in [0.1, 0.15) is 71.1 Å². The van der Waals surface area contributed by atoms with Gasteiger partial charge in [-0.3, -0.25) is 14.4 Å². The number of rotatable bonds is 12. The van der Waals surface area contributed by atoms with Crippen molar-refractivity contribution in [1.82, 2.24) is 9.80 Å². The lowest BCUT2D eigenvalue weighted by molar-refractivity contribution is -0.155. The highest BCUT2D eigenvalue weighted by atomic mass is 79.9. The third-order valence-corrected chi connectivity index (χ3v) is 9.36. The smallest absolute Gasteiger partial charge is 0.312 e. The number of ether oxygens (including phenoxy) is 2. The van der Waals surface area contributed by atoms with Crippen molar-refractivity contribution in [2.45, 2.75) is 99.7 Å². The van der Waals surface area contributed by atoms with E-state index in [9.17, 15) is 14.4 Å². The Bertz CT molecular complexity index is 833. The highest BCUT2D eigenvalue weighted by Gasteiger charge is 2.77. The van der Waals surface area contributed by atoms with E-state index in [-0.39, 0.29) is 35.9 Å². The van der Waals surface area contributed by atoms with Gasteiger partial charge in [0.25, 0.3) is 0 Å². The van der Waals surface area contributed by atoms with Crippen LogP contribution in [0.2, 0.25) is 0 Å². The predicted molar refractivity (Wildman–Crippen MR) is 138 cm³/mol. The molecule has 4 fully saturated rings. The van der Waals surface area contributed by atoms with E-state index in [1.165, 1.54) is 6.42 Å². The molecule has 2 amide bonds. The van der Waals surface area contributed by atoms with Gasteiger partial charge in [0.2, 0.25) is 11.8 Å². The number of hydrogen-bond acceptors (Lipinski definition) is 6. The molecule has 0 aromatic heterocycles. The quantitative estimate of drug-likeness (QED) is 0.168. The Labute approximate surface area is 222 Å². The molecule has 4 rings (SSSR count). The van der Waals surface area contributed by atoms with Crippen molar-refractivity contribution in [1.29, 1.82) is 0 Å². The molecule has 36 heavy (non-hydrogen) atoms. The van der Waals surface area contributed by atoms with Gasteiger partial charge in [-0.1, -0.05) is 54.1 Å². The van der Waals surface area contributed by atoms with Crippen LogP contribution < -0.4 is 0 Å². The maximum absolute atomic E-state index is 14.4. The molecule has 9 heteroatoms. The Morgan fingerprint density at radius 3 is 2.64 bits per heavy atom. The van der Waals surface area contributed by atoms with Crippen LogP contribution in [0.5, 0.6) is 0 Å². The molecule has 1 saturated carbocycles. The van der Waals surface area contributed by atoms with Crippen LogP contribution in [0, 0.1) is 11.8 Å². The van der Waals surface area contributed by atoms with Gasteiger partial charge in [-0.15, -0.1) is 6.58 Å². The molecule has 1 spiro atoms. The first-order chi connectivity index (χ1) is 17.4. The zero-order valence-electron chi connectivity index (χ0n) is 21.4. The summed E-state index contributed by atoms with van der Waals surface area (Å²) in [5, 5.41) is 9.11. The summed E-state index contributed by atoms with van der Waals surface area (Å²) in [4.78, 5) is 44.9. The van der Waals surface area contributed by atoms with Crippen LogP contribution in [-0.2, 0) is 23.9 Å². The van der Waals surface area contributed by atoms with Gasteiger partial charge in [0.15, 0.2) is 0 Å². The normalized spacial score (nSPS) is 33.6. The number of nitrogens with zero attached hydrogens (tertiary/aromatic N) is 2. The van der Waals surface area contributed by atoms with Crippen molar-refractivity contribution in [2.24, 2.45) is 11.8 Å². The number of halogens is 1. The van der Waals surface area contributed by atoms with Crippen molar-refractivity contribution in [3.8, 4) is 0 Å². The molecule has 0 radical (unpaired) electrons. The summed E-state index contributed by atoms with van der Waals surface area (Å²) in [6.07, 6.45) is 10.2. The lowest BCUT2D eigenvalue weighted by Gasteiger charge is -2.41. The Hall–Kier alpha value is -1.45. The molecule has 202 valence electrons. The second-order valence-corrected chi connectivity index (χ2v) is 11.8. The Morgan fingerprint density at radius 1 is 1.25 bits per heavy atom. The summed E-state index contributed by atoms with van der Waals surface area (Å²) < 4.78 is 11.9. The summed E-state index contributed by atoms with van der Waals surface area (Å²) in [5.74, 6) is -2.10. The number of carbonyl (C=O) groups excluding carboxylic acids is 3. The maximum Gasteiger partial charge on any atom is 0.312 e. The minimum Gasteiger partial charge on any atom is -0.466 e. The first-order valence-corrected chi connectivity index (χ1v) is 14.6. The number of carbonyl (C=O) groups is 3. The number of likely N-dealkylation sites (tertiary alicyclic amines) is 1. The number of amides is 2. The van der Waals surface area contributed by atoms with Crippen LogP contribution in [0.25, 0.3) is 0 Å². The zero-order valence-corrected chi connectivity index (χ0v) is 23.0. The predicted octanol–water partition coefficient (Wildman–Crippen LogP) is 3.20. The van der Waals surface area contributed by atoms with Crippen LogP contribution in [0.3, 0.4) is 0 Å². The van der Waals surface area contributed by atoms with Crippen LogP contribution >= 0.6 is 15.9 Å². The standard InChI is InChI=1S/C27H41BrN2O6/c1-3-14-29(18-12-8-7-9-13-18)25(33)23-27-17-19(28)22(36-27)20(26(34)35-4-2)21(27)24(32)30(23)15-10-5-6-11-16-31/h3,18-23,31H,1,4-17H2,2H3/t19?,20-,21+,22-,23?,27?/m1/s1. The van der Waals surface area contributed by atoms with Crippen LogP contribution in [0.15, 0.2) is 12.7 Å². The van der Waals surface area contributed by atoms with Crippen molar-refractivity contribution < 1.29 is 29.0 Å². The van der Waals surface area contributed by atoms with Gasteiger partial charge < -0.3 is 24.4 Å². The lowest BCUT2D eigenvalue weighted by atomic mass is 9.70. The topological polar surface area (TPSA) is 96.4 Å². The Kier molecular flexibility index (Phi) is 9.15. The van der Waals surface area contributed by atoms with Gasteiger partial charge in [0, 0.05) is 30.6 Å². The third kappa shape index (κ3) is 4.87. The van der Waals surface area contributed by atoms with E-state index in [0.717, 1.165) is 51.4 Å². The fourth-order valence-electron chi connectivity index (χ4n) is 7.01. The third-order valence-electron chi connectivity index (χ3n) is 8.51. The summed E-state index contributed by atoms with van der Waals surface area (Å²) in [6.45, 7) is 6.90. The molecular weight excluding hydrogens is 528 g/mol. The average Bonchev–Trinajstić information content (AvgIpc) is 3.46. The zero-order chi connectivity index (χ0) is 25.9. The number of alkyl halides is 1. The number of unbranched alkanes of at least 4 members (excludes halogenated alkanes) is 3. The Balaban J connectivity index is 1.67. The summed E-state index contributed by atoms with van der Waals surface area (Å²) in [7, 11) is 0. The number of esters is 1. The van der Waals surface area contributed by atoms with Gasteiger partial charge in [-0.05, 0) is 39.0 Å². The Morgan fingerprint density at radius 2 is 1.97 bits per heavy atom. The number of hydrogen-bond donors (Lipinski definition) is 1. The molecule has 6 atom stereocenters. The molecule has 3 heterocycles. The molecule has 3 aliphatic heterocycles. The van der Waals surface area contributed by atoms with Gasteiger partial charge in [-0.25, -0.2) is 0 Å². The van der Waals surface area contributed by atoms with E-state index in [0.29, 0.717) is 19.5 Å². The molecular formula is C27H41BrN2O6. The van der Waals surface area contributed by atoms with E-state index in [1.807, 2.05) is 4.90 Å². The highest BCUT2D eigenvalue weighted by Crippen LogP contribution is 2.60. The summed E-state index contributed by atoms with van der Waals surface area (Å²) in [6, 6.07) is -0.639. The molecule has 1 N–H and O–H groups in total. The van der Waals surface area contributed by atoms with Gasteiger partial charge >= 0.3 is 5.97 Å². The van der Waals surface area contributed by atoms with Gasteiger partial charge in [0.1, 0.15) is 11.6 Å². The number of fused-ring (bicyclic) bond motifs is 1. The number of aliphatic hydroxyl groups is 1. The van der Waals surface area contributed by atoms with E-state index >= 15 is 0 Å². The van der Waals surface area contributed by atoms with Crippen LogP contribution in [-0.4, -0.2) is 87.6 Å². The molecule has 3 unspecified atom stereocenters. The minimum absolute atomic E-state index is 0.0853. The molecule has 0 aromatic rings. The molecule has 3 saturated heterocycles. The van der Waals surface area contributed by atoms with Crippen molar-refractivity contribution >= 4 is 33.7 Å². The fourth-order valence-corrected chi connectivity index (χ4v) is 7.96. The average molecular weight is 570 g/mol. The monoisotopic (exact) mass is 568 g/mol. The SMILES string of the molecule is C=CCN(C(=O)C1N(CCCCCCO)C(=O)[C@@H]2[C@@H](C(=O)OCC)[C@@H]3OC12CC3Br)C1CCCCC1. The van der Waals surface area contributed by atoms with Crippen molar-refractivity contribution in [3.63, 3.8) is 0 Å². The van der Waals surface area contributed by atoms with Gasteiger partial charge in [0.05, 0.1) is 24.5 Å². The summed E-state index contributed by atoms with van der Waals surface area (Å²) in [5.41, 5.74) is -1.04. The second kappa shape index (κ2) is 11.9. The largest absolute Gasteiger partial charge is 0.466 e. The number of aliphatic hydroxyl groups excluding tert-OH is 1. The van der Waals surface area contributed by atoms with E-state index < -0.39 is 35.6 Å². The van der Waals surface area contributed by atoms with Gasteiger partial charge in [-0.2, -0.15) is 0 Å². The molecule has 8 nitrogen and oxygen atoms in total. The molecule has 4 aliphatic rings. The van der Waals surface area contributed by atoms with Crippen molar-refractivity contribution in [3.05, 3.63) is 12.7 Å². The van der Waals surface area contributed by atoms with Crippen molar-refractivity contribution in [2.75, 3.05) is 26.3 Å².